The lowest BCUT2D eigenvalue weighted by atomic mass is 10.00. The van der Waals surface area contributed by atoms with Crippen molar-refractivity contribution < 1.29 is 9.59 Å². The Labute approximate surface area is 225 Å². The van der Waals surface area contributed by atoms with Crippen molar-refractivity contribution in [1.82, 2.24) is 9.13 Å². The van der Waals surface area contributed by atoms with Crippen molar-refractivity contribution in [3.05, 3.63) is 126 Å². The standard InChI is InChI=1S/C35H26N2O2/c1-3-36-31-18-14-24(22(2)38)20-29(31)30-21-25(15-19-32(30)36)35(39)23-12-16-26(17-13-23)37-33-10-6-4-8-27(33)28-9-5-7-11-34(28)37/h4-21H,3H2,1-2H3. The summed E-state index contributed by atoms with van der Waals surface area (Å²) in [6, 6.07) is 36.4. The molecule has 7 rings (SSSR count). The van der Waals surface area contributed by atoms with E-state index in [2.05, 4.69) is 64.6 Å². The number of rotatable bonds is 5. The molecule has 0 atom stereocenters. The van der Waals surface area contributed by atoms with Crippen LogP contribution < -0.4 is 0 Å². The lowest BCUT2D eigenvalue weighted by Crippen LogP contribution is -2.02. The maximum atomic E-state index is 13.6. The molecule has 0 aliphatic rings. The van der Waals surface area contributed by atoms with Crippen LogP contribution in [0, 0.1) is 0 Å². The van der Waals surface area contributed by atoms with Crippen LogP contribution in [-0.4, -0.2) is 20.7 Å². The first-order valence-corrected chi connectivity index (χ1v) is 13.3. The Bertz CT molecular complexity index is 2040. The van der Waals surface area contributed by atoms with Gasteiger partial charge in [0, 0.05) is 61.5 Å². The summed E-state index contributed by atoms with van der Waals surface area (Å²) in [6.45, 7) is 4.49. The van der Waals surface area contributed by atoms with E-state index in [0.717, 1.165) is 45.1 Å². The fraction of sp³-hybridized carbons (Fsp3) is 0.0857. The fourth-order valence-corrected chi connectivity index (χ4v) is 5.93. The van der Waals surface area contributed by atoms with Gasteiger partial charge >= 0.3 is 0 Å². The molecule has 5 aromatic carbocycles. The average molecular weight is 507 g/mol. The van der Waals surface area contributed by atoms with E-state index in [1.54, 1.807) is 6.92 Å². The molecule has 0 amide bonds. The molecule has 0 saturated heterocycles. The molecule has 0 bridgehead atoms. The minimum Gasteiger partial charge on any atom is -0.341 e. The van der Waals surface area contributed by atoms with Crippen LogP contribution in [-0.2, 0) is 6.54 Å². The summed E-state index contributed by atoms with van der Waals surface area (Å²) < 4.78 is 4.47. The third kappa shape index (κ3) is 3.52. The first-order chi connectivity index (χ1) is 19.0. The zero-order valence-corrected chi connectivity index (χ0v) is 21.8. The molecule has 0 aliphatic heterocycles. The van der Waals surface area contributed by atoms with E-state index in [1.807, 2.05) is 60.7 Å². The van der Waals surface area contributed by atoms with Crippen molar-refractivity contribution in [3.8, 4) is 5.69 Å². The third-order valence-corrected chi connectivity index (χ3v) is 7.82. The van der Waals surface area contributed by atoms with Gasteiger partial charge in [-0.25, -0.2) is 0 Å². The first-order valence-electron chi connectivity index (χ1n) is 13.3. The van der Waals surface area contributed by atoms with Crippen LogP contribution in [0.4, 0.5) is 0 Å². The number of hydrogen-bond donors (Lipinski definition) is 0. The number of para-hydroxylation sites is 2. The number of hydrogen-bond acceptors (Lipinski definition) is 2. The van der Waals surface area contributed by atoms with Gasteiger partial charge < -0.3 is 9.13 Å². The lowest BCUT2D eigenvalue weighted by molar-refractivity contribution is 0.101. The molecule has 0 radical (unpaired) electrons. The van der Waals surface area contributed by atoms with Crippen molar-refractivity contribution in [2.75, 3.05) is 0 Å². The number of carbonyl (C=O) groups excluding carboxylic acids is 2. The predicted octanol–water partition coefficient (Wildman–Crippen LogP) is 8.35. The molecule has 7 aromatic rings. The average Bonchev–Trinajstić information content (AvgIpc) is 3.48. The number of nitrogens with zero attached hydrogens (tertiary/aromatic N) is 2. The van der Waals surface area contributed by atoms with Gasteiger partial charge in [-0.2, -0.15) is 0 Å². The number of fused-ring (bicyclic) bond motifs is 6. The highest BCUT2D eigenvalue weighted by atomic mass is 16.1. The van der Waals surface area contributed by atoms with Crippen molar-refractivity contribution >= 4 is 55.2 Å². The molecule has 0 saturated carbocycles. The van der Waals surface area contributed by atoms with E-state index in [4.69, 9.17) is 0 Å². The molecule has 0 fully saturated rings. The molecule has 4 heteroatoms. The molecule has 0 spiro atoms. The number of carbonyl (C=O) groups is 2. The second kappa shape index (κ2) is 8.81. The Morgan fingerprint density at radius 2 is 1.08 bits per heavy atom. The van der Waals surface area contributed by atoms with E-state index < -0.39 is 0 Å². The topological polar surface area (TPSA) is 44.0 Å². The number of aryl methyl sites for hydroxylation is 1. The summed E-state index contributed by atoms with van der Waals surface area (Å²) in [6.07, 6.45) is 0. The molecule has 0 N–H and O–H groups in total. The smallest absolute Gasteiger partial charge is 0.193 e. The zero-order valence-electron chi connectivity index (χ0n) is 21.8. The van der Waals surface area contributed by atoms with Crippen LogP contribution in [0.15, 0.2) is 109 Å². The molecule has 2 aromatic heterocycles. The molecule has 39 heavy (non-hydrogen) atoms. The minimum absolute atomic E-state index is 0.0224. The highest BCUT2D eigenvalue weighted by molar-refractivity contribution is 6.16. The first kappa shape index (κ1) is 23.2. The summed E-state index contributed by atoms with van der Waals surface area (Å²) >= 11 is 0. The van der Waals surface area contributed by atoms with E-state index >= 15 is 0 Å². The molecule has 188 valence electrons. The lowest BCUT2D eigenvalue weighted by Gasteiger charge is -2.09. The summed E-state index contributed by atoms with van der Waals surface area (Å²) in [5, 5.41) is 4.40. The number of benzene rings is 5. The monoisotopic (exact) mass is 506 g/mol. The molecule has 2 heterocycles. The third-order valence-electron chi connectivity index (χ3n) is 7.82. The predicted molar refractivity (Wildman–Crippen MR) is 159 cm³/mol. The second-order valence-electron chi connectivity index (χ2n) is 10.0. The van der Waals surface area contributed by atoms with Gasteiger partial charge in [0.1, 0.15) is 0 Å². The van der Waals surface area contributed by atoms with E-state index in [-0.39, 0.29) is 11.6 Å². The van der Waals surface area contributed by atoms with Gasteiger partial charge in [-0.15, -0.1) is 0 Å². The second-order valence-corrected chi connectivity index (χ2v) is 10.0. The van der Waals surface area contributed by atoms with Crippen LogP contribution in [0.2, 0.25) is 0 Å². The Balaban J connectivity index is 1.31. The van der Waals surface area contributed by atoms with Crippen LogP contribution in [0.25, 0.3) is 49.3 Å². The fourth-order valence-electron chi connectivity index (χ4n) is 5.93. The Hall–Kier alpha value is -4.96. The van der Waals surface area contributed by atoms with Crippen molar-refractivity contribution in [3.63, 3.8) is 0 Å². The molecule has 4 nitrogen and oxygen atoms in total. The maximum Gasteiger partial charge on any atom is 0.193 e. The van der Waals surface area contributed by atoms with Crippen LogP contribution in [0.5, 0.6) is 0 Å². The largest absolute Gasteiger partial charge is 0.341 e. The van der Waals surface area contributed by atoms with E-state index in [1.165, 1.54) is 10.8 Å². The van der Waals surface area contributed by atoms with Gasteiger partial charge in [0.2, 0.25) is 0 Å². The Morgan fingerprint density at radius 3 is 1.64 bits per heavy atom. The number of Topliss-reactive ketones (excluding diaryl/α,β-unsaturated/α-hetero) is 1. The molecular weight excluding hydrogens is 480 g/mol. The number of ketones is 2. The van der Waals surface area contributed by atoms with Crippen molar-refractivity contribution in [2.45, 2.75) is 20.4 Å². The van der Waals surface area contributed by atoms with E-state index in [9.17, 15) is 9.59 Å². The zero-order chi connectivity index (χ0) is 26.7. The van der Waals surface area contributed by atoms with Crippen LogP contribution in [0.3, 0.4) is 0 Å². The maximum absolute atomic E-state index is 13.6. The van der Waals surface area contributed by atoms with Gasteiger partial charge in [0.25, 0.3) is 0 Å². The highest BCUT2D eigenvalue weighted by Gasteiger charge is 2.17. The molecular formula is C35H26N2O2. The highest BCUT2D eigenvalue weighted by Crippen LogP contribution is 2.33. The Morgan fingerprint density at radius 1 is 0.564 bits per heavy atom. The summed E-state index contributed by atoms with van der Waals surface area (Å²) in [4.78, 5) is 25.7. The van der Waals surface area contributed by atoms with Crippen molar-refractivity contribution in [2.24, 2.45) is 0 Å². The minimum atomic E-state index is -0.0224. The van der Waals surface area contributed by atoms with Gasteiger partial charge in [-0.1, -0.05) is 36.4 Å². The summed E-state index contributed by atoms with van der Waals surface area (Å²) in [5.74, 6) is 0.00987. The van der Waals surface area contributed by atoms with Gasteiger partial charge in [0.05, 0.1) is 11.0 Å². The quantitative estimate of drug-likeness (QED) is 0.220. The Kier molecular flexibility index (Phi) is 5.24. The van der Waals surface area contributed by atoms with E-state index in [0.29, 0.717) is 16.7 Å². The SMILES string of the molecule is CCn1c2ccc(C(C)=O)cc2c2cc(C(=O)c3ccc(-n4c5ccccc5c5ccccc54)cc3)ccc21. The van der Waals surface area contributed by atoms with Crippen LogP contribution >= 0.6 is 0 Å². The normalized spacial score (nSPS) is 11.6. The number of aromatic nitrogens is 2. The van der Waals surface area contributed by atoms with Gasteiger partial charge in [-0.05, 0) is 86.6 Å². The molecule has 0 unspecified atom stereocenters. The van der Waals surface area contributed by atoms with Crippen LogP contribution in [0.1, 0.15) is 40.1 Å². The van der Waals surface area contributed by atoms with Gasteiger partial charge in [-0.3, -0.25) is 9.59 Å². The summed E-state index contributed by atoms with van der Waals surface area (Å²) in [7, 11) is 0. The van der Waals surface area contributed by atoms with Gasteiger partial charge in [0.15, 0.2) is 11.6 Å². The van der Waals surface area contributed by atoms with Crippen molar-refractivity contribution in [1.29, 1.82) is 0 Å². The molecule has 0 aliphatic carbocycles. The summed E-state index contributed by atoms with van der Waals surface area (Å²) in [5.41, 5.74) is 7.38.